The molecule has 3 atom stereocenters. The van der Waals surface area contributed by atoms with E-state index in [1.807, 2.05) is 24.3 Å². The molecule has 0 aliphatic rings. The molecular formula is C21H27N3O6. The van der Waals surface area contributed by atoms with Crippen molar-refractivity contribution in [1.82, 2.24) is 16.1 Å². The summed E-state index contributed by atoms with van der Waals surface area (Å²) in [5.41, 5.74) is 4.58. The summed E-state index contributed by atoms with van der Waals surface area (Å²) in [6.45, 7) is 1.91. The zero-order valence-electron chi connectivity index (χ0n) is 16.6. The van der Waals surface area contributed by atoms with Crippen LogP contribution in [-0.2, 0) is 11.3 Å². The fourth-order valence-corrected chi connectivity index (χ4v) is 2.78. The van der Waals surface area contributed by atoms with Crippen molar-refractivity contribution in [2.45, 2.75) is 31.7 Å². The molecule has 9 heteroatoms. The van der Waals surface area contributed by atoms with Crippen LogP contribution in [-0.4, -0.2) is 63.7 Å². The number of aliphatic hydroxyl groups excluding tert-OH is 3. The zero-order valence-corrected chi connectivity index (χ0v) is 16.6. The Balaban J connectivity index is 1.99. The SMILES string of the molecule is C[C@@H](O)[C@H](NC(=O)c1ccc(-c2ccc(CNCC(O)CO)cc2)cc1)C(=O)NO. The first-order chi connectivity index (χ1) is 14.3. The highest BCUT2D eigenvalue weighted by Gasteiger charge is 2.25. The van der Waals surface area contributed by atoms with E-state index >= 15 is 0 Å². The Morgan fingerprint density at radius 3 is 2.03 bits per heavy atom. The van der Waals surface area contributed by atoms with Gasteiger partial charge in [-0.05, 0) is 35.7 Å². The van der Waals surface area contributed by atoms with Crippen LogP contribution < -0.4 is 16.1 Å². The Kier molecular flexibility index (Phi) is 8.90. The lowest BCUT2D eigenvalue weighted by Crippen LogP contribution is -2.51. The number of carbonyl (C=O) groups excluding carboxylic acids is 2. The second kappa shape index (κ2) is 11.4. The normalized spacial score (nSPS) is 13.9. The van der Waals surface area contributed by atoms with Gasteiger partial charge in [-0.3, -0.25) is 14.8 Å². The number of hydrogen-bond acceptors (Lipinski definition) is 7. The molecule has 0 radical (unpaired) electrons. The van der Waals surface area contributed by atoms with Crippen LogP contribution in [0, 0.1) is 0 Å². The van der Waals surface area contributed by atoms with Crippen LogP contribution in [0.25, 0.3) is 11.1 Å². The first-order valence-corrected chi connectivity index (χ1v) is 9.47. The maximum atomic E-state index is 12.3. The Bertz CT molecular complexity index is 824. The standard InChI is InChI=1S/C21H27N3O6/c1-13(26)19(21(29)24-30)23-20(28)17-8-6-16(7-9-17)15-4-2-14(3-5-15)10-22-11-18(27)12-25/h2-9,13,18-19,22,25-27,30H,10-12H2,1H3,(H,23,28)(H,24,29)/t13-,18?,19+/m1/s1. The summed E-state index contributed by atoms with van der Waals surface area (Å²) in [7, 11) is 0. The first-order valence-electron chi connectivity index (χ1n) is 9.47. The van der Waals surface area contributed by atoms with Crippen LogP contribution in [0.4, 0.5) is 0 Å². The summed E-state index contributed by atoms with van der Waals surface area (Å²) in [5.74, 6) is -1.46. The molecule has 162 valence electrons. The maximum Gasteiger partial charge on any atom is 0.268 e. The molecule has 0 saturated carbocycles. The molecule has 0 aromatic heterocycles. The molecular weight excluding hydrogens is 390 g/mol. The van der Waals surface area contributed by atoms with E-state index in [2.05, 4.69) is 10.6 Å². The summed E-state index contributed by atoms with van der Waals surface area (Å²) < 4.78 is 0. The number of hydrogen-bond donors (Lipinski definition) is 7. The molecule has 0 spiro atoms. The van der Waals surface area contributed by atoms with E-state index < -0.39 is 30.1 Å². The molecule has 0 fully saturated rings. The molecule has 7 N–H and O–H groups in total. The van der Waals surface area contributed by atoms with Crippen molar-refractivity contribution in [1.29, 1.82) is 0 Å². The number of aliphatic hydroxyl groups is 3. The van der Waals surface area contributed by atoms with Crippen LogP contribution in [0.3, 0.4) is 0 Å². The van der Waals surface area contributed by atoms with Gasteiger partial charge in [-0.2, -0.15) is 0 Å². The third-order valence-electron chi connectivity index (χ3n) is 4.52. The van der Waals surface area contributed by atoms with Gasteiger partial charge in [-0.1, -0.05) is 36.4 Å². The summed E-state index contributed by atoms with van der Waals surface area (Å²) in [6.07, 6.45) is -1.96. The van der Waals surface area contributed by atoms with Crippen molar-refractivity contribution < 1.29 is 30.1 Å². The van der Waals surface area contributed by atoms with E-state index in [-0.39, 0.29) is 6.61 Å². The topological polar surface area (TPSA) is 151 Å². The number of carbonyl (C=O) groups is 2. The molecule has 0 heterocycles. The van der Waals surface area contributed by atoms with Crippen molar-refractivity contribution in [3.63, 3.8) is 0 Å². The Morgan fingerprint density at radius 1 is 0.967 bits per heavy atom. The van der Waals surface area contributed by atoms with E-state index in [1.54, 1.807) is 24.3 Å². The van der Waals surface area contributed by atoms with Gasteiger partial charge >= 0.3 is 0 Å². The van der Waals surface area contributed by atoms with Crippen LogP contribution in [0.2, 0.25) is 0 Å². The molecule has 2 amide bonds. The number of benzene rings is 2. The molecule has 30 heavy (non-hydrogen) atoms. The van der Waals surface area contributed by atoms with Crippen molar-refractivity contribution >= 4 is 11.8 Å². The van der Waals surface area contributed by atoms with E-state index in [0.29, 0.717) is 18.7 Å². The summed E-state index contributed by atoms with van der Waals surface area (Å²) in [4.78, 5) is 23.9. The second-order valence-corrected chi connectivity index (χ2v) is 6.91. The van der Waals surface area contributed by atoms with Gasteiger partial charge in [0.05, 0.1) is 18.8 Å². The fraction of sp³-hybridized carbons (Fsp3) is 0.333. The quantitative estimate of drug-likeness (QED) is 0.209. The van der Waals surface area contributed by atoms with Crippen molar-refractivity contribution in [3.8, 4) is 11.1 Å². The highest BCUT2D eigenvalue weighted by Crippen LogP contribution is 2.20. The molecule has 0 aliphatic heterocycles. The molecule has 2 aromatic rings. The fourth-order valence-electron chi connectivity index (χ4n) is 2.78. The van der Waals surface area contributed by atoms with Gasteiger partial charge in [0.1, 0.15) is 6.04 Å². The van der Waals surface area contributed by atoms with Crippen molar-refractivity contribution in [2.24, 2.45) is 0 Å². The Morgan fingerprint density at radius 2 is 1.53 bits per heavy atom. The minimum Gasteiger partial charge on any atom is -0.394 e. The third-order valence-corrected chi connectivity index (χ3v) is 4.52. The Labute approximate surface area is 174 Å². The zero-order chi connectivity index (χ0) is 22.1. The van der Waals surface area contributed by atoms with Gasteiger partial charge in [-0.15, -0.1) is 0 Å². The number of amides is 2. The van der Waals surface area contributed by atoms with Gasteiger partial charge in [0.25, 0.3) is 11.8 Å². The summed E-state index contributed by atoms with van der Waals surface area (Å²) in [5, 5.41) is 41.9. The predicted octanol–water partition coefficient (Wildman–Crippen LogP) is -0.219. The molecule has 2 rings (SSSR count). The van der Waals surface area contributed by atoms with Crippen LogP contribution in [0.15, 0.2) is 48.5 Å². The van der Waals surface area contributed by atoms with Crippen LogP contribution in [0.1, 0.15) is 22.8 Å². The average molecular weight is 417 g/mol. The molecule has 0 aliphatic carbocycles. The number of hydroxylamine groups is 1. The highest BCUT2D eigenvalue weighted by atomic mass is 16.5. The summed E-state index contributed by atoms with van der Waals surface area (Å²) >= 11 is 0. The summed E-state index contributed by atoms with van der Waals surface area (Å²) in [6, 6.07) is 13.2. The van der Waals surface area contributed by atoms with Gasteiger partial charge in [0.2, 0.25) is 0 Å². The van der Waals surface area contributed by atoms with Crippen molar-refractivity contribution in [2.75, 3.05) is 13.2 Å². The molecule has 0 bridgehead atoms. The van der Waals surface area contributed by atoms with Crippen LogP contribution >= 0.6 is 0 Å². The van der Waals surface area contributed by atoms with E-state index in [1.165, 1.54) is 12.4 Å². The largest absolute Gasteiger partial charge is 0.394 e. The van der Waals surface area contributed by atoms with Gasteiger partial charge < -0.3 is 26.0 Å². The molecule has 2 aromatic carbocycles. The monoisotopic (exact) mass is 417 g/mol. The molecule has 9 nitrogen and oxygen atoms in total. The first kappa shape index (κ1) is 23.5. The minimum absolute atomic E-state index is 0.283. The van der Waals surface area contributed by atoms with Gasteiger partial charge in [0.15, 0.2) is 0 Å². The number of nitrogens with one attached hydrogen (secondary N) is 3. The van der Waals surface area contributed by atoms with E-state index in [9.17, 15) is 19.8 Å². The van der Waals surface area contributed by atoms with E-state index in [4.69, 9.17) is 10.3 Å². The minimum atomic E-state index is -1.28. The highest BCUT2D eigenvalue weighted by molar-refractivity contribution is 5.97. The lowest BCUT2D eigenvalue weighted by Gasteiger charge is -2.19. The smallest absolute Gasteiger partial charge is 0.268 e. The lowest BCUT2D eigenvalue weighted by atomic mass is 10.0. The molecule has 1 unspecified atom stereocenters. The average Bonchev–Trinajstić information content (AvgIpc) is 2.77. The maximum absolute atomic E-state index is 12.3. The third kappa shape index (κ3) is 6.61. The van der Waals surface area contributed by atoms with Crippen LogP contribution in [0.5, 0.6) is 0 Å². The molecule has 0 saturated heterocycles. The Hall–Kier alpha value is -2.82. The van der Waals surface area contributed by atoms with Gasteiger partial charge in [0, 0.05) is 18.7 Å². The predicted molar refractivity (Wildman–Crippen MR) is 110 cm³/mol. The van der Waals surface area contributed by atoms with E-state index in [0.717, 1.165) is 16.7 Å². The van der Waals surface area contributed by atoms with Gasteiger partial charge in [-0.25, -0.2) is 5.48 Å². The lowest BCUT2D eigenvalue weighted by molar-refractivity contribution is -0.133. The van der Waals surface area contributed by atoms with Crippen molar-refractivity contribution in [3.05, 3.63) is 59.7 Å². The second-order valence-electron chi connectivity index (χ2n) is 6.91. The number of rotatable bonds is 10.